The maximum absolute atomic E-state index is 12.3. The van der Waals surface area contributed by atoms with Crippen LogP contribution in [-0.2, 0) is 4.79 Å². The van der Waals surface area contributed by atoms with Crippen molar-refractivity contribution >= 4 is 17.7 Å². The minimum Gasteiger partial charge on any atom is -0.340 e. The summed E-state index contributed by atoms with van der Waals surface area (Å²) in [5.41, 5.74) is -0.290. The van der Waals surface area contributed by atoms with Crippen molar-refractivity contribution in [3.8, 4) is 0 Å². The number of amides is 1. The zero-order valence-electron chi connectivity index (χ0n) is 9.58. The number of hydrogen-bond acceptors (Lipinski definition) is 3. The molecular weight excluding hydrogens is 208 g/mol. The maximum atomic E-state index is 12.3. The van der Waals surface area contributed by atoms with Crippen molar-refractivity contribution in [3.63, 3.8) is 0 Å². The number of nitrogens with zero attached hydrogens (tertiary/aromatic N) is 1. The number of carbonyl (C=O) groups is 1. The van der Waals surface area contributed by atoms with Crippen LogP contribution in [0.15, 0.2) is 0 Å². The lowest BCUT2D eigenvalue weighted by Gasteiger charge is -2.32. The highest BCUT2D eigenvalue weighted by atomic mass is 32.2. The predicted molar refractivity (Wildman–Crippen MR) is 64.1 cm³/mol. The Bertz CT molecular complexity index is 245. The lowest BCUT2D eigenvalue weighted by atomic mass is 9.97. The standard InChI is InChI=1S/C11H20N2OS/c1-11(5-3-6-12-11)10(14)13(2)9-4-7-15-8-9/h9,12H,3-8H2,1-2H3. The third-order valence-corrected chi connectivity index (χ3v) is 4.76. The molecule has 4 heteroatoms. The molecule has 0 aromatic rings. The van der Waals surface area contributed by atoms with Gasteiger partial charge in [-0.3, -0.25) is 4.79 Å². The molecule has 0 spiro atoms. The summed E-state index contributed by atoms with van der Waals surface area (Å²) in [5.74, 6) is 2.59. The van der Waals surface area contributed by atoms with E-state index in [0.29, 0.717) is 6.04 Å². The molecule has 0 bridgehead atoms. The molecule has 86 valence electrons. The van der Waals surface area contributed by atoms with Crippen LogP contribution in [0.4, 0.5) is 0 Å². The molecule has 1 N–H and O–H groups in total. The minimum atomic E-state index is -0.290. The van der Waals surface area contributed by atoms with E-state index in [1.54, 1.807) is 0 Å². The van der Waals surface area contributed by atoms with Gasteiger partial charge in [0.2, 0.25) is 5.91 Å². The monoisotopic (exact) mass is 228 g/mol. The van der Waals surface area contributed by atoms with Crippen LogP contribution in [-0.4, -0.2) is 47.5 Å². The molecule has 0 aromatic carbocycles. The normalized spacial score (nSPS) is 35.7. The zero-order chi connectivity index (χ0) is 10.9. The molecule has 2 aliphatic rings. The number of carbonyl (C=O) groups excluding carboxylic acids is 1. The Hall–Kier alpha value is -0.220. The van der Waals surface area contributed by atoms with E-state index in [9.17, 15) is 4.79 Å². The first-order valence-electron chi connectivity index (χ1n) is 5.73. The van der Waals surface area contributed by atoms with E-state index in [1.165, 1.54) is 5.75 Å². The van der Waals surface area contributed by atoms with Gasteiger partial charge in [-0.05, 0) is 38.5 Å². The van der Waals surface area contributed by atoms with E-state index in [1.807, 2.05) is 30.6 Å². The van der Waals surface area contributed by atoms with Crippen molar-refractivity contribution in [2.45, 2.75) is 37.8 Å². The van der Waals surface area contributed by atoms with E-state index >= 15 is 0 Å². The largest absolute Gasteiger partial charge is 0.340 e. The molecular formula is C11H20N2OS. The van der Waals surface area contributed by atoms with Gasteiger partial charge in [-0.1, -0.05) is 0 Å². The maximum Gasteiger partial charge on any atom is 0.242 e. The molecule has 1 amide bonds. The van der Waals surface area contributed by atoms with Crippen molar-refractivity contribution in [1.82, 2.24) is 10.2 Å². The fourth-order valence-electron chi connectivity index (χ4n) is 2.46. The second kappa shape index (κ2) is 4.34. The number of rotatable bonds is 2. The Morgan fingerprint density at radius 1 is 1.60 bits per heavy atom. The van der Waals surface area contributed by atoms with Gasteiger partial charge in [0.15, 0.2) is 0 Å². The van der Waals surface area contributed by atoms with Crippen molar-refractivity contribution < 1.29 is 4.79 Å². The van der Waals surface area contributed by atoms with Crippen LogP contribution in [0, 0.1) is 0 Å². The van der Waals surface area contributed by atoms with Gasteiger partial charge in [-0.2, -0.15) is 11.8 Å². The average molecular weight is 228 g/mol. The van der Waals surface area contributed by atoms with Gasteiger partial charge in [-0.15, -0.1) is 0 Å². The van der Waals surface area contributed by atoms with Crippen molar-refractivity contribution in [1.29, 1.82) is 0 Å². The molecule has 0 saturated carbocycles. The Labute approximate surface area is 96.0 Å². The molecule has 2 atom stereocenters. The highest BCUT2D eigenvalue weighted by Gasteiger charge is 2.40. The Morgan fingerprint density at radius 2 is 2.40 bits per heavy atom. The smallest absolute Gasteiger partial charge is 0.242 e. The molecule has 0 radical (unpaired) electrons. The van der Waals surface area contributed by atoms with Crippen molar-refractivity contribution in [3.05, 3.63) is 0 Å². The number of hydrogen-bond donors (Lipinski definition) is 1. The second-order valence-corrected chi connectivity index (χ2v) is 5.95. The summed E-state index contributed by atoms with van der Waals surface area (Å²) in [6.45, 7) is 3.02. The predicted octanol–water partition coefficient (Wildman–Crippen LogP) is 1.09. The molecule has 3 nitrogen and oxygen atoms in total. The summed E-state index contributed by atoms with van der Waals surface area (Å²) in [6.07, 6.45) is 3.26. The van der Waals surface area contributed by atoms with E-state index < -0.39 is 0 Å². The first kappa shape index (κ1) is 11.3. The highest BCUT2D eigenvalue weighted by Crippen LogP contribution is 2.26. The van der Waals surface area contributed by atoms with E-state index in [2.05, 4.69) is 5.32 Å². The fourth-order valence-corrected chi connectivity index (χ4v) is 3.73. The first-order chi connectivity index (χ1) is 7.13. The van der Waals surface area contributed by atoms with E-state index in [-0.39, 0.29) is 11.4 Å². The van der Waals surface area contributed by atoms with Crippen molar-refractivity contribution in [2.24, 2.45) is 0 Å². The number of nitrogens with one attached hydrogen (secondary N) is 1. The van der Waals surface area contributed by atoms with Gasteiger partial charge in [0.05, 0.1) is 5.54 Å². The van der Waals surface area contributed by atoms with Crippen LogP contribution in [0.3, 0.4) is 0 Å². The van der Waals surface area contributed by atoms with Gasteiger partial charge in [0, 0.05) is 18.8 Å². The molecule has 0 aliphatic carbocycles. The molecule has 2 aliphatic heterocycles. The van der Waals surface area contributed by atoms with E-state index in [0.717, 1.165) is 31.6 Å². The third-order valence-electron chi connectivity index (χ3n) is 3.61. The second-order valence-electron chi connectivity index (χ2n) is 4.80. The Balaban J connectivity index is 1.99. The van der Waals surface area contributed by atoms with Gasteiger partial charge in [0.1, 0.15) is 0 Å². The highest BCUT2D eigenvalue weighted by molar-refractivity contribution is 7.99. The molecule has 0 aromatic heterocycles. The molecule has 2 saturated heterocycles. The molecule has 15 heavy (non-hydrogen) atoms. The lowest BCUT2D eigenvalue weighted by Crippen LogP contribution is -2.54. The van der Waals surface area contributed by atoms with Crippen LogP contribution >= 0.6 is 11.8 Å². The topological polar surface area (TPSA) is 32.3 Å². The molecule has 2 unspecified atom stereocenters. The van der Waals surface area contributed by atoms with Crippen LogP contribution < -0.4 is 5.32 Å². The third kappa shape index (κ3) is 2.16. The summed E-state index contributed by atoms with van der Waals surface area (Å²) >= 11 is 1.96. The molecule has 2 rings (SSSR count). The average Bonchev–Trinajstić information content (AvgIpc) is 2.86. The number of thioether (sulfide) groups is 1. The van der Waals surface area contributed by atoms with Crippen LogP contribution in [0.1, 0.15) is 26.2 Å². The molecule has 2 heterocycles. The fraction of sp³-hybridized carbons (Fsp3) is 0.909. The number of likely N-dealkylation sites (N-methyl/N-ethyl adjacent to an activating group) is 1. The summed E-state index contributed by atoms with van der Waals surface area (Å²) in [4.78, 5) is 14.3. The summed E-state index contributed by atoms with van der Waals surface area (Å²) < 4.78 is 0. The SMILES string of the molecule is CN(C(=O)C1(C)CCCN1)C1CCSC1. The van der Waals surface area contributed by atoms with Crippen LogP contribution in [0.2, 0.25) is 0 Å². The quantitative estimate of drug-likeness (QED) is 0.768. The Morgan fingerprint density at radius 3 is 2.93 bits per heavy atom. The van der Waals surface area contributed by atoms with Gasteiger partial charge < -0.3 is 10.2 Å². The van der Waals surface area contributed by atoms with Crippen molar-refractivity contribution in [2.75, 3.05) is 25.1 Å². The molecule has 2 fully saturated rings. The van der Waals surface area contributed by atoms with Crippen LogP contribution in [0.25, 0.3) is 0 Å². The van der Waals surface area contributed by atoms with Gasteiger partial charge in [-0.25, -0.2) is 0 Å². The first-order valence-corrected chi connectivity index (χ1v) is 6.89. The summed E-state index contributed by atoms with van der Waals surface area (Å²) in [7, 11) is 1.96. The minimum absolute atomic E-state index is 0.285. The summed E-state index contributed by atoms with van der Waals surface area (Å²) in [5, 5.41) is 3.34. The lowest BCUT2D eigenvalue weighted by molar-refractivity contribution is -0.137. The zero-order valence-corrected chi connectivity index (χ0v) is 10.4. The van der Waals surface area contributed by atoms with E-state index in [4.69, 9.17) is 0 Å². The van der Waals surface area contributed by atoms with Gasteiger partial charge >= 0.3 is 0 Å². The van der Waals surface area contributed by atoms with Crippen LogP contribution in [0.5, 0.6) is 0 Å². The Kier molecular flexibility index (Phi) is 3.26. The summed E-state index contributed by atoms with van der Waals surface area (Å²) in [6, 6.07) is 0.460. The van der Waals surface area contributed by atoms with Gasteiger partial charge in [0.25, 0.3) is 0 Å².